The van der Waals surface area contributed by atoms with Crippen LogP contribution in [0.1, 0.15) is 21.7 Å². The number of nitrogens with zero attached hydrogens (tertiary/aromatic N) is 3. The third-order valence-corrected chi connectivity index (χ3v) is 2.40. The molecule has 6 nitrogen and oxygen atoms in total. The Kier molecular flexibility index (Phi) is 3.06. The Hall–Kier alpha value is -1.95. The van der Waals surface area contributed by atoms with Gasteiger partial charge in [-0.2, -0.15) is 0 Å². The fraction of sp³-hybridized carbons (Fsp3) is 0.200. The number of hydrogen-bond donors (Lipinski definition) is 1. The molecule has 2 rings (SSSR count). The van der Waals surface area contributed by atoms with Gasteiger partial charge in [0.1, 0.15) is 10.8 Å². The van der Waals surface area contributed by atoms with Crippen molar-refractivity contribution in [1.82, 2.24) is 15.1 Å². The number of aromatic nitrogens is 3. The Labute approximate surface area is 102 Å². The first-order valence-corrected chi connectivity index (χ1v) is 5.17. The summed E-state index contributed by atoms with van der Waals surface area (Å²) >= 11 is 5.64. The van der Waals surface area contributed by atoms with Gasteiger partial charge in [-0.1, -0.05) is 16.8 Å². The number of aryl methyl sites for hydroxylation is 1. The molecule has 7 heteroatoms. The predicted octanol–water partition coefficient (Wildman–Crippen LogP) is 1.99. The van der Waals surface area contributed by atoms with Gasteiger partial charge < -0.3 is 4.52 Å². The monoisotopic (exact) mass is 252 g/mol. The summed E-state index contributed by atoms with van der Waals surface area (Å²) in [6.07, 6.45) is 2.67. The van der Waals surface area contributed by atoms with Crippen molar-refractivity contribution in [3.8, 4) is 0 Å². The number of nitrogens with one attached hydrogen (secondary N) is 1. The van der Waals surface area contributed by atoms with E-state index in [1.165, 1.54) is 12.4 Å². The van der Waals surface area contributed by atoms with Gasteiger partial charge >= 0.3 is 0 Å². The van der Waals surface area contributed by atoms with Crippen LogP contribution in [-0.2, 0) is 0 Å². The molecular weight excluding hydrogens is 244 g/mol. The van der Waals surface area contributed by atoms with Crippen molar-refractivity contribution in [3.05, 3.63) is 34.5 Å². The van der Waals surface area contributed by atoms with Crippen LogP contribution in [0.15, 0.2) is 16.9 Å². The molecule has 0 bridgehead atoms. The summed E-state index contributed by atoms with van der Waals surface area (Å²) in [6, 6.07) is 0. The smallest absolute Gasteiger partial charge is 0.278 e. The van der Waals surface area contributed by atoms with Crippen LogP contribution < -0.4 is 5.32 Å². The molecule has 0 aliphatic rings. The second kappa shape index (κ2) is 4.50. The summed E-state index contributed by atoms with van der Waals surface area (Å²) in [7, 11) is 0. The third kappa shape index (κ3) is 2.42. The minimum atomic E-state index is -0.445. The number of rotatable bonds is 2. The van der Waals surface area contributed by atoms with E-state index in [0.717, 1.165) is 11.3 Å². The van der Waals surface area contributed by atoms with Crippen LogP contribution >= 0.6 is 11.6 Å². The highest BCUT2D eigenvalue weighted by atomic mass is 35.5. The second-order valence-electron chi connectivity index (χ2n) is 3.40. The first kappa shape index (κ1) is 11.5. The average Bonchev–Trinajstić information content (AvgIpc) is 2.61. The molecule has 0 aliphatic heterocycles. The van der Waals surface area contributed by atoms with Crippen molar-refractivity contribution in [3.63, 3.8) is 0 Å². The number of anilines is 1. The Morgan fingerprint density at radius 2 is 2.18 bits per heavy atom. The molecule has 0 aliphatic carbocycles. The lowest BCUT2D eigenvalue weighted by molar-refractivity contribution is 0.101. The highest BCUT2D eigenvalue weighted by Gasteiger charge is 2.14. The molecule has 0 saturated carbocycles. The molecule has 0 fully saturated rings. The SMILES string of the molecule is Cc1noc(NC(=O)c2cncc(Cl)n2)c1C. The lowest BCUT2D eigenvalue weighted by atomic mass is 10.3. The van der Waals surface area contributed by atoms with Crippen LogP contribution in [0.4, 0.5) is 5.88 Å². The zero-order valence-electron chi connectivity index (χ0n) is 9.19. The molecule has 2 heterocycles. The summed E-state index contributed by atoms with van der Waals surface area (Å²) in [4.78, 5) is 19.4. The maximum atomic E-state index is 11.8. The van der Waals surface area contributed by atoms with E-state index < -0.39 is 5.91 Å². The molecule has 0 radical (unpaired) electrons. The van der Waals surface area contributed by atoms with Crippen molar-refractivity contribution in [2.24, 2.45) is 0 Å². The standard InChI is InChI=1S/C10H9ClN4O2/c1-5-6(2)15-17-10(5)14-9(16)7-3-12-4-8(11)13-7/h3-4H,1-2H3,(H,14,16). The minimum absolute atomic E-state index is 0.117. The van der Waals surface area contributed by atoms with Gasteiger partial charge in [-0.25, -0.2) is 4.98 Å². The summed E-state index contributed by atoms with van der Waals surface area (Å²) in [5.74, 6) is -0.145. The fourth-order valence-electron chi connectivity index (χ4n) is 1.15. The zero-order chi connectivity index (χ0) is 12.4. The Balaban J connectivity index is 2.20. The largest absolute Gasteiger partial charge is 0.338 e. The minimum Gasteiger partial charge on any atom is -0.338 e. The van der Waals surface area contributed by atoms with Gasteiger partial charge in [0.15, 0.2) is 0 Å². The molecule has 0 unspecified atom stereocenters. The van der Waals surface area contributed by atoms with Gasteiger partial charge in [0, 0.05) is 5.56 Å². The van der Waals surface area contributed by atoms with Gasteiger partial charge in [0.05, 0.1) is 18.1 Å². The van der Waals surface area contributed by atoms with Gasteiger partial charge in [-0.3, -0.25) is 15.1 Å². The molecule has 0 spiro atoms. The van der Waals surface area contributed by atoms with Crippen molar-refractivity contribution in [2.75, 3.05) is 5.32 Å². The molecule has 2 aromatic rings. The van der Waals surface area contributed by atoms with Crippen molar-refractivity contribution in [1.29, 1.82) is 0 Å². The first-order valence-electron chi connectivity index (χ1n) is 4.79. The Bertz CT molecular complexity index is 567. The van der Waals surface area contributed by atoms with E-state index in [2.05, 4.69) is 20.4 Å². The average molecular weight is 253 g/mol. The van der Waals surface area contributed by atoms with E-state index in [1.807, 2.05) is 0 Å². The van der Waals surface area contributed by atoms with E-state index >= 15 is 0 Å². The van der Waals surface area contributed by atoms with Crippen molar-refractivity contribution < 1.29 is 9.32 Å². The highest BCUT2D eigenvalue weighted by Crippen LogP contribution is 2.18. The number of halogens is 1. The summed E-state index contributed by atoms with van der Waals surface area (Å²) < 4.78 is 4.95. The topological polar surface area (TPSA) is 80.9 Å². The van der Waals surface area contributed by atoms with Crippen LogP contribution in [0, 0.1) is 13.8 Å². The Morgan fingerprint density at radius 1 is 1.41 bits per heavy atom. The van der Waals surface area contributed by atoms with Crippen LogP contribution in [0.25, 0.3) is 0 Å². The summed E-state index contributed by atoms with van der Waals surface area (Å²) in [6.45, 7) is 3.58. The molecule has 1 N–H and O–H groups in total. The van der Waals surface area contributed by atoms with Gasteiger partial charge in [0.25, 0.3) is 5.91 Å². The fourth-order valence-corrected chi connectivity index (χ4v) is 1.30. The normalized spacial score (nSPS) is 10.3. The molecule has 0 aromatic carbocycles. The van der Waals surface area contributed by atoms with Crippen molar-refractivity contribution >= 4 is 23.4 Å². The van der Waals surface area contributed by atoms with Crippen LogP contribution in [-0.4, -0.2) is 21.0 Å². The highest BCUT2D eigenvalue weighted by molar-refractivity contribution is 6.29. The Morgan fingerprint density at radius 3 is 2.76 bits per heavy atom. The van der Waals surface area contributed by atoms with E-state index in [1.54, 1.807) is 13.8 Å². The number of carbonyl (C=O) groups is 1. The van der Waals surface area contributed by atoms with E-state index in [9.17, 15) is 4.79 Å². The van der Waals surface area contributed by atoms with Crippen LogP contribution in [0.5, 0.6) is 0 Å². The lowest BCUT2D eigenvalue weighted by Crippen LogP contribution is -2.14. The number of hydrogen-bond acceptors (Lipinski definition) is 5. The zero-order valence-corrected chi connectivity index (χ0v) is 9.95. The third-order valence-electron chi connectivity index (χ3n) is 2.22. The quantitative estimate of drug-likeness (QED) is 0.884. The molecule has 1 amide bonds. The number of amides is 1. The van der Waals surface area contributed by atoms with Gasteiger partial charge in [-0.05, 0) is 13.8 Å². The molecule has 88 valence electrons. The van der Waals surface area contributed by atoms with Crippen LogP contribution in [0.3, 0.4) is 0 Å². The van der Waals surface area contributed by atoms with E-state index in [0.29, 0.717) is 5.88 Å². The molecule has 0 saturated heterocycles. The predicted molar refractivity (Wildman–Crippen MR) is 61.0 cm³/mol. The second-order valence-corrected chi connectivity index (χ2v) is 3.79. The lowest BCUT2D eigenvalue weighted by Gasteiger charge is -2.01. The van der Waals surface area contributed by atoms with E-state index in [-0.39, 0.29) is 10.8 Å². The molecular formula is C10H9ClN4O2. The first-order chi connectivity index (χ1) is 8.08. The number of carbonyl (C=O) groups excluding carboxylic acids is 1. The molecule has 0 atom stereocenters. The van der Waals surface area contributed by atoms with Crippen molar-refractivity contribution in [2.45, 2.75) is 13.8 Å². The van der Waals surface area contributed by atoms with Gasteiger partial charge in [-0.15, -0.1) is 0 Å². The summed E-state index contributed by atoms with van der Waals surface area (Å²) in [5.41, 5.74) is 1.61. The molecule has 17 heavy (non-hydrogen) atoms. The van der Waals surface area contributed by atoms with E-state index in [4.69, 9.17) is 16.1 Å². The van der Waals surface area contributed by atoms with Crippen LogP contribution in [0.2, 0.25) is 5.15 Å². The maximum Gasteiger partial charge on any atom is 0.278 e. The summed E-state index contributed by atoms with van der Waals surface area (Å²) in [5, 5.41) is 6.43. The molecule has 2 aromatic heterocycles. The maximum absolute atomic E-state index is 11.8. The van der Waals surface area contributed by atoms with Gasteiger partial charge in [0.2, 0.25) is 5.88 Å².